The number of benzene rings is 2. The van der Waals surface area contributed by atoms with Crippen molar-refractivity contribution in [2.75, 3.05) is 26.9 Å². The summed E-state index contributed by atoms with van der Waals surface area (Å²) in [6.07, 6.45) is 0.815. The van der Waals surface area contributed by atoms with Crippen LogP contribution in [0.15, 0.2) is 48.5 Å². The summed E-state index contributed by atoms with van der Waals surface area (Å²) in [5, 5.41) is 0. The minimum Gasteiger partial charge on any atom is -0.497 e. The number of ether oxygens (including phenoxy) is 3. The summed E-state index contributed by atoms with van der Waals surface area (Å²) in [6.45, 7) is 1.60. The van der Waals surface area contributed by atoms with Gasteiger partial charge in [0.1, 0.15) is 30.5 Å². The van der Waals surface area contributed by atoms with E-state index in [9.17, 15) is 0 Å². The van der Waals surface area contributed by atoms with E-state index in [1.807, 2.05) is 48.5 Å². The van der Waals surface area contributed by atoms with Gasteiger partial charge < -0.3 is 19.9 Å². The number of methoxy groups -OCH3 is 1. The van der Waals surface area contributed by atoms with Crippen molar-refractivity contribution in [2.45, 2.75) is 6.42 Å². The maximum Gasteiger partial charge on any atom is 0.122 e. The van der Waals surface area contributed by atoms with Crippen LogP contribution in [0, 0.1) is 0 Å². The molecule has 2 N–H and O–H groups in total. The Labute approximate surface area is 125 Å². The molecule has 0 heterocycles. The van der Waals surface area contributed by atoms with Crippen LogP contribution in [0.5, 0.6) is 17.2 Å². The summed E-state index contributed by atoms with van der Waals surface area (Å²) in [5.41, 5.74) is 6.72. The van der Waals surface area contributed by atoms with E-state index in [2.05, 4.69) is 0 Å². The molecule has 0 saturated carbocycles. The van der Waals surface area contributed by atoms with Crippen LogP contribution in [0.3, 0.4) is 0 Å². The van der Waals surface area contributed by atoms with Crippen LogP contribution < -0.4 is 19.9 Å². The van der Waals surface area contributed by atoms with Gasteiger partial charge in [-0.1, -0.05) is 18.2 Å². The molecule has 2 aromatic carbocycles. The Morgan fingerprint density at radius 2 is 1.52 bits per heavy atom. The predicted molar refractivity (Wildman–Crippen MR) is 83.2 cm³/mol. The van der Waals surface area contributed by atoms with Gasteiger partial charge in [0.25, 0.3) is 0 Å². The van der Waals surface area contributed by atoms with Crippen molar-refractivity contribution in [3.05, 3.63) is 54.1 Å². The lowest BCUT2D eigenvalue weighted by molar-refractivity contribution is 0.216. The molecule has 4 heteroatoms. The molecule has 0 aliphatic carbocycles. The highest BCUT2D eigenvalue weighted by molar-refractivity contribution is 5.33. The minimum atomic E-state index is 0.489. The zero-order chi connectivity index (χ0) is 14.9. The average Bonchev–Trinajstić information content (AvgIpc) is 2.54. The molecule has 2 aromatic rings. The lowest BCUT2D eigenvalue weighted by atomic mass is 10.1. The average molecular weight is 287 g/mol. The lowest BCUT2D eigenvalue weighted by Gasteiger charge is -2.12. The maximum absolute atomic E-state index is 5.75. The molecule has 112 valence electrons. The van der Waals surface area contributed by atoms with Crippen molar-refractivity contribution in [1.29, 1.82) is 0 Å². The van der Waals surface area contributed by atoms with Gasteiger partial charge in [-0.15, -0.1) is 0 Å². The number of hydrogen-bond acceptors (Lipinski definition) is 4. The van der Waals surface area contributed by atoms with Gasteiger partial charge in [-0.25, -0.2) is 0 Å². The van der Waals surface area contributed by atoms with Crippen LogP contribution in [-0.2, 0) is 6.42 Å². The number of hydrogen-bond donors (Lipinski definition) is 1. The van der Waals surface area contributed by atoms with E-state index in [0.717, 1.165) is 29.2 Å². The third-order valence-electron chi connectivity index (χ3n) is 3.06. The Morgan fingerprint density at radius 1 is 0.857 bits per heavy atom. The third kappa shape index (κ3) is 4.68. The third-order valence-corrected chi connectivity index (χ3v) is 3.06. The Balaban J connectivity index is 1.79. The molecule has 0 saturated heterocycles. The SMILES string of the molecule is COc1ccc(OCCOc2ccccc2CCN)cc1. The predicted octanol–water partition coefficient (Wildman–Crippen LogP) is 2.65. The zero-order valence-electron chi connectivity index (χ0n) is 12.2. The molecule has 0 spiro atoms. The summed E-state index contributed by atoms with van der Waals surface area (Å²) >= 11 is 0. The molecule has 2 rings (SSSR count). The van der Waals surface area contributed by atoms with Crippen LogP contribution in [0.25, 0.3) is 0 Å². The molecule has 0 bridgehead atoms. The summed E-state index contributed by atoms with van der Waals surface area (Å²) < 4.78 is 16.5. The summed E-state index contributed by atoms with van der Waals surface area (Å²) in [4.78, 5) is 0. The second kappa shape index (κ2) is 8.17. The van der Waals surface area contributed by atoms with E-state index in [4.69, 9.17) is 19.9 Å². The normalized spacial score (nSPS) is 10.2. The Morgan fingerprint density at radius 3 is 2.24 bits per heavy atom. The van der Waals surface area contributed by atoms with Gasteiger partial charge in [-0.05, 0) is 48.9 Å². The summed E-state index contributed by atoms with van der Waals surface area (Å²) in [7, 11) is 1.64. The Bertz CT molecular complexity index is 540. The number of nitrogens with two attached hydrogens (primary N) is 1. The van der Waals surface area contributed by atoms with Crippen LogP contribution in [-0.4, -0.2) is 26.9 Å². The largest absolute Gasteiger partial charge is 0.497 e. The first-order valence-electron chi connectivity index (χ1n) is 7.01. The first kappa shape index (κ1) is 15.2. The molecule has 0 aliphatic heterocycles. The molecule has 0 amide bonds. The Kier molecular flexibility index (Phi) is 5.91. The smallest absolute Gasteiger partial charge is 0.122 e. The van der Waals surface area contributed by atoms with Gasteiger partial charge in [0.05, 0.1) is 7.11 Å². The van der Waals surface area contributed by atoms with Crippen molar-refractivity contribution in [3.63, 3.8) is 0 Å². The van der Waals surface area contributed by atoms with Crippen LogP contribution in [0.1, 0.15) is 5.56 Å². The number of rotatable bonds is 8. The summed E-state index contributed by atoms with van der Waals surface area (Å²) in [6, 6.07) is 15.4. The molecule has 0 atom stereocenters. The van der Waals surface area contributed by atoms with Crippen LogP contribution in [0.4, 0.5) is 0 Å². The lowest BCUT2D eigenvalue weighted by Crippen LogP contribution is -2.11. The van der Waals surface area contributed by atoms with E-state index >= 15 is 0 Å². The van der Waals surface area contributed by atoms with E-state index in [0.29, 0.717) is 19.8 Å². The van der Waals surface area contributed by atoms with Crippen molar-refractivity contribution in [3.8, 4) is 17.2 Å². The standard InChI is InChI=1S/C17H21NO3/c1-19-15-6-8-16(9-7-15)20-12-13-21-17-5-3-2-4-14(17)10-11-18/h2-9H,10-13,18H2,1H3. The van der Waals surface area contributed by atoms with Gasteiger partial charge in [0, 0.05) is 0 Å². The maximum atomic E-state index is 5.75. The molecule has 21 heavy (non-hydrogen) atoms. The highest BCUT2D eigenvalue weighted by Crippen LogP contribution is 2.19. The molecule has 4 nitrogen and oxygen atoms in total. The Hall–Kier alpha value is -2.20. The van der Waals surface area contributed by atoms with E-state index in [-0.39, 0.29) is 0 Å². The van der Waals surface area contributed by atoms with Crippen LogP contribution in [0.2, 0.25) is 0 Å². The minimum absolute atomic E-state index is 0.489. The quantitative estimate of drug-likeness (QED) is 0.758. The van der Waals surface area contributed by atoms with Crippen molar-refractivity contribution >= 4 is 0 Å². The zero-order valence-corrected chi connectivity index (χ0v) is 12.2. The first-order chi connectivity index (χ1) is 10.3. The number of para-hydroxylation sites is 1. The monoisotopic (exact) mass is 287 g/mol. The molecule has 0 aromatic heterocycles. The van der Waals surface area contributed by atoms with Gasteiger partial charge in [0.2, 0.25) is 0 Å². The van der Waals surface area contributed by atoms with Crippen molar-refractivity contribution in [2.24, 2.45) is 5.73 Å². The van der Waals surface area contributed by atoms with Gasteiger partial charge in [-0.2, -0.15) is 0 Å². The fourth-order valence-corrected chi connectivity index (χ4v) is 1.99. The van der Waals surface area contributed by atoms with Crippen molar-refractivity contribution in [1.82, 2.24) is 0 Å². The second-order valence-electron chi connectivity index (χ2n) is 4.52. The highest BCUT2D eigenvalue weighted by Gasteiger charge is 2.02. The molecule has 0 radical (unpaired) electrons. The highest BCUT2D eigenvalue weighted by atomic mass is 16.5. The molecule has 0 unspecified atom stereocenters. The molecule has 0 aliphatic rings. The van der Waals surface area contributed by atoms with E-state index in [1.165, 1.54) is 0 Å². The molecular weight excluding hydrogens is 266 g/mol. The fourth-order valence-electron chi connectivity index (χ4n) is 1.99. The molecule has 0 fully saturated rings. The fraction of sp³-hybridized carbons (Fsp3) is 0.294. The topological polar surface area (TPSA) is 53.7 Å². The van der Waals surface area contributed by atoms with Crippen molar-refractivity contribution < 1.29 is 14.2 Å². The first-order valence-corrected chi connectivity index (χ1v) is 7.01. The van der Waals surface area contributed by atoms with Gasteiger partial charge in [0.15, 0.2) is 0 Å². The second-order valence-corrected chi connectivity index (χ2v) is 4.52. The molecular formula is C17H21NO3. The van der Waals surface area contributed by atoms with E-state index in [1.54, 1.807) is 7.11 Å². The van der Waals surface area contributed by atoms with Crippen LogP contribution >= 0.6 is 0 Å². The van der Waals surface area contributed by atoms with Gasteiger partial charge in [-0.3, -0.25) is 0 Å². The van der Waals surface area contributed by atoms with Gasteiger partial charge >= 0.3 is 0 Å². The van der Waals surface area contributed by atoms with E-state index < -0.39 is 0 Å². The summed E-state index contributed by atoms with van der Waals surface area (Å²) in [5.74, 6) is 2.49.